The molecule has 1 saturated carbocycles. The van der Waals surface area contributed by atoms with Crippen molar-refractivity contribution in [2.24, 2.45) is 5.92 Å². The highest BCUT2D eigenvalue weighted by Gasteiger charge is 2.43. The van der Waals surface area contributed by atoms with Crippen molar-refractivity contribution in [3.05, 3.63) is 95.7 Å². The number of piperazine rings is 1. The summed E-state index contributed by atoms with van der Waals surface area (Å²) in [6, 6.07) is 21.8. The summed E-state index contributed by atoms with van der Waals surface area (Å²) in [5.41, 5.74) is 4.27. The second-order valence-electron chi connectivity index (χ2n) is 10.5. The topological polar surface area (TPSA) is 51.4 Å². The van der Waals surface area contributed by atoms with Crippen molar-refractivity contribution in [2.75, 3.05) is 42.9 Å². The van der Waals surface area contributed by atoms with Gasteiger partial charge < -0.3 is 15.2 Å². The Bertz CT molecular complexity index is 1460. The van der Waals surface area contributed by atoms with E-state index in [1.807, 2.05) is 47.5 Å². The third-order valence-corrected chi connectivity index (χ3v) is 8.00. The lowest BCUT2D eigenvalue weighted by Gasteiger charge is -2.36. The summed E-state index contributed by atoms with van der Waals surface area (Å²) >= 11 is 0. The van der Waals surface area contributed by atoms with Gasteiger partial charge in [0.25, 0.3) is 0 Å². The average Bonchev–Trinajstić information content (AvgIpc) is 3.66. The molecule has 6 rings (SSSR count). The number of H-pyrrole nitrogens is 1. The maximum Gasteiger partial charge on any atom is 0.416 e. The molecule has 3 aromatic carbocycles. The van der Waals surface area contributed by atoms with Gasteiger partial charge in [-0.2, -0.15) is 13.2 Å². The molecule has 39 heavy (non-hydrogen) atoms. The van der Waals surface area contributed by atoms with E-state index in [1.54, 1.807) is 6.07 Å². The van der Waals surface area contributed by atoms with Crippen LogP contribution < -0.4 is 10.2 Å². The molecular formula is C31H31F3N4O. The van der Waals surface area contributed by atoms with Gasteiger partial charge in [-0.05, 0) is 66.3 Å². The number of rotatable bonds is 7. The fraction of sp³-hybridized carbons (Fsp3) is 0.323. The first-order valence-electron chi connectivity index (χ1n) is 13.5. The van der Waals surface area contributed by atoms with Crippen LogP contribution in [0.15, 0.2) is 79.0 Å². The molecule has 8 heteroatoms. The highest BCUT2D eigenvalue weighted by atomic mass is 19.4. The van der Waals surface area contributed by atoms with Gasteiger partial charge in [-0.15, -0.1) is 0 Å². The van der Waals surface area contributed by atoms with Crippen LogP contribution in [0.2, 0.25) is 0 Å². The first-order chi connectivity index (χ1) is 18.8. The summed E-state index contributed by atoms with van der Waals surface area (Å²) in [7, 11) is 0. The molecule has 0 radical (unpaired) electrons. The maximum absolute atomic E-state index is 13.1. The van der Waals surface area contributed by atoms with Crippen LogP contribution in [-0.2, 0) is 17.4 Å². The van der Waals surface area contributed by atoms with Gasteiger partial charge in [0.1, 0.15) is 0 Å². The number of fused-ring (bicyclic) bond motifs is 1. The average molecular weight is 533 g/mol. The van der Waals surface area contributed by atoms with Crippen LogP contribution in [0.3, 0.4) is 0 Å². The number of aromatic amines is 1. The van der Waals surface area contributed by atoms with Crippen LogP contribution in [0.25, 0.3) is 10.9 Å². The molecule has 1 unspecified atom stereocenters. The Morgan fingerprint density at radius 2 is 1.74 bits per heavy atom. The van der Waals surface area contributed by atoms with Crippen molar-refractivity contribution in [2.45, 2.75) is 24.9 Å². The monoisotopic (exact) mass is 532 g/mol. The van der Waals surface area contributed by atoms with Gasteiger partial charge >= 0.3 is 6.18 Å². The number of nitrogens with one attached hydrogen (secondary N) is 2. The van der Waals surface area contributed by atoms with Crippen molar-refractivity contribution in [3.8, 4) is 0 Å². The van der Waals surface area contributed by atoms with E-state index >= 15 is 0 Å². The van der Waals surface area contributed by atoms with Crippen molar-refractivity contribution in [1.29, 1.82) is 0 Å². The predicted molar refractivity (Wildman–Crippen MR) is 148 cm³/mol. The highest BCUT2D eigenvalue weighted by Crippen LogP contribution is 2.48. The molecule has 2 fully saturated rings. The first-order valence-corrected chi connectivity index (χ1v) is 13.5. The van der Waals surface area contributed by atoms with Gasteiger partial charge in [0, 0.05) is 67.1 Å². The van der Waals surface area contributed by atoms with E-state index in [0.717, 1.165) is 55.1 Å². The van der Waals surface area contributed by atoms with Crippen molar-refractivity contribution >= 4 is 28.2 Å². The predicted octanol–water partition coefficient (Wildman–Crippen LogP) is 6.29. The molecule has 2 atom stereocenters. The van der Waals surface area contributed by atoms with Crippen molar-refractivity contribution < 1.29 is 18.0 Å². The zero-order valence-electron chi connectivity index (χ0n) is 21.5. The van der Waals surface area contributed by atoms with Crippen LogP contribution in [0, 0.1) is 5.92 Å². The summed E-state index contributed by atoms with van der Waals surface area (Å²) in [6.45, 7) is 3.83. The number of halogens is 3. The van der Waals surface area contributed by atoms with E-state index in [-0.39, 0.29) is 11.8 Å². The number of amides is 1. The number of hydrogen-bond donors (Lipinski definition) is 2. The summed E-state index contributed by atoms with van der Waals surface area (Å²) in [5, 5.41) is 4.22. The van der Waals surface area contributed by atoms with Gasteiger partial charge in [0.05, 0.1) is 5.56 Å². The Labute approximate surface area is 225 Å². The molecule has 5 nitrogen and oxygen atoms in total. The second kappa shape index (κ2) is 10.4. The Kier molecular flexibility index (Phi) is 6.81. The van der Waals surface area contributed by atoms with E-state index in [2.05, 4.69) is 27.3 Å². The Morgan fingerprint density at radius 3 is 2.51 bits per heavy atom. The third kappa shape index (κ3) is 5.66. The van der Waals surface area contributed by atoms with Crippen LogP contribution in [0.1, 0.15) is 29.0 Å². The number of benzene rings is 3. The molecule has 1 amide bonds. The lowest BCUT2D eigenvalue weighted by molar-refractivity contribution is -0.137. The molecular weight excluding hydrogens is 501 g/mol. The number of anilines is 2. The molecule has 2 heterocycles. The number of carbonyl (C=O) groups excluding carboxylic acids is 1. The van der Waals surface area contributed by atoms with E-state index in [1.165, 1.54) is 23.3 Å². The zero-order chi connectivity index (χ0) is 27.0. The number of alkyl halides is 3. The summed E-state index contributed by atoms with van der Waals surface area (Å²) in [4.78, 5) is 20.6. The smallest absolute Gasteiger partial charge is 0.369 e. The molecule has 0 spiro atoms. The Balaban J connectivity index is 1.04. The van der Waals surface area contributed by atoms with E-state index in [9.17, 15) is 18.0 Å². The molecule has 2 aliphatic rings. The highest BCUT2D eigenvalue weighted by molar-refractivity contribution is 5.97. The fourth-order valence-corrected chi connectivity index (χ4v) is 5.64. The molecule has 4 aromatic rings. The standard InChI is InChI=1S/C31H31F3N4O/c32-31(33,34)23-7-4-8-25(17-23)38-15-13-37(14-16-38)12-11-22-20-35-29-10-9-24(18-27(22)29)36-30(39)28-19-26(28)21-5-2-1-3-6-21/h1-10,17-18,20,26,28,35H,11-16,19H2,(H,36,39)/t26-,28?/m0/s1. The lowest BCUT2D eigenvalue weighted by Crippen LogP contribution is -2.47. The van der Waals surface area contributed by atoms with Crippen LogP contribution in [0.5, 0.6) is 0 Å². The maximum atomic E-state index is 13.1. The Morgan fingerprint density at radius 1 is 0.949 bits per heavy atom. The van der Waals surface area contributed by atoms with Crippen LogP contribution in [-0.4, -0.2) is 48.5 Å². The quantitative estimate of drug-likeness (QED) is 0.294. The summed E-state index contributed by atoms with van der Waals surface area (Å²) < 4.78 is 39.3. The molecule has 1 aliphatic carbocycles. The first kappa shape index (κ1) is 25.5. The van der Waals surface area contributed by atoms with Gasteiger partial charge in [-0.1, -0.05) is 36.4 Å². The van der Waals surface area contributed by atoms with E-state index in [4.69, 9.17) is 0 Å². The van der Waals surface area contributed by atoms with Crippen LogP contribution in [0.4, 0.5) is 24.5 Å². The number of aromatic nitrogens is 1. The van der Waals surface area contributed by atoms with Gasteiger partial charge in [0.2, 0.25) is 5.91 Å². The molecule has 2 N–H and O–H groups in total. The largest absolute Gasteiger partial charge is 0.416 e. The van der Waals surface area contributed by atoms with Crippen LogP contribution >= 0.6 is 0 Å². The Hall–Kier alpha value is -3.78. The molecule has 1 saturated heterocycles. The van der Waals surface area contributed by atoms with E-state index < -0.39 is 11.7 Å². The van der Waals surface area contributed by atoms with Gasteiger partial charge in [-0.3, -0.25) is 9.69 Å². The third-order valence-electron chi connectivity index (χ3n) is 8.00. The minimum atomic E-state index is -4.33. The molecule has 1 aliphatic heterocycles. The lowest BCUT2D eigenvalue weighted by atomic mass is 10.1. The zero-order valence-corrected chi connectivity index (χ0v) is 21.5. The number of carbonyl (C=O) groups is 1. The minimum Gasteiger partial charge on any atom is -0.369 e. The molecule has 1 aromatic heterocycles. The fourth-order valence-electron chi connectivity index (χ4n) is 5.64. The van der Waals surface area contributed by atoms with E-state index in [0.29, 0.717) is 24.7 Å². The summed E-state index contributed by atoms with van der Waals surface area (Å²) in [5.74, 6) is 0.383. The van der Waals surface area contributed by atoms with Gasteiger partial charge in [0.15, 0.2) is 0 Å². The molecule has 0 bridgehead atoms. The van der Waals surface area contributed by atoms with Gasteiger partial charge in [-0.25, -0.2) is 0 Å². The summed E-state index contributed by atoms with van der Waals surface area (Å²) in [6.07, 6.45) is -0.571. The SMILES string of the molecule is O=C(Nc1ccc2[nH]cc(CCN3CCN(c4cccc(C(F)(F)F)c4)CC3)c2c1)C1C[C@H]1c1ccccc1. The second-order valence-corrected chi connectivity index (χ2v) is 10.5. The number of hydrogen-bond acceptors (Lipinski definition) is 3. The van der Waals surface area contributed by atoms with Crippen molar-refractivity contribution in [1.82, 2.24) is 9.88 Å². The normalized spacial score (nSPS) is 19.8. The number of nitrogens with zero attached hydrogens (tertiary/aromatic N) is 2. The molecule has 202 valence electrons. The van der Waals surface area contributed by atoms with Crippen molar-refractivity contribution in [3.63, 3.8) is 0 Å². The minimum absolute atomic E-state index is 0.0170.